The van der Waals surface area contributed by atoms with Crippen molar-refractivity contribution in [3.8, 4) is 0 Å². The van der Waals surface area contributed by atoms with E-state index in [-0.39, 0.29) is 5.54 Å². The van der Waals surface area contributed by atoms with E-state index in [2.05, 4.69) is 53.8 Å². The minimum Gasteiger partial charge on any atom is -0.312 e. The van der Waals surface area contributed by atoms with Crippen molar-refractivity contribution in [1.29, 1.82) is 0 Å². The first-order chi connectivity index (χ1) is 10.3. The highest BCUT2D eigenvalue weighted by Gasteiger charge is 2.32. The number of hydrogen-bond donors (Lipinski definition) is 1. The van der Waals surface area contributed by atoms with Gasteiger partial charge in [0.15, 0.2) is 0 Å². The van der Waals surface area contributed by atoms with E-state index < -0.39 is 0 Å². The van der Waals surface area contributed by atoms with E-state index in [9.17, 15) is 0 Å². The molecule has 1 saturated carbocycles. The molecule has 0 bridgehead atoms. The van der Waals surface area contributed by atoms with Crippen LogP contribution in [-0.4, -0.2) is 12.1 Å². The van der Waals surface area contributed by atoms with Crippen molar-refractivity contribution in [2.24, 2.45) is 29.6 Å². The third kappa shape index (κ3) is 5.87. The normalized spacial score (nSPS) is 34.8. The highest BCUT2D eigenvalue weighted by Crippen LogP contribution is 2.39. The Morgan fingerprint density at radius 1 is 0.909 bits per heavy atom. The zero-order valence-corrected chi connectivity index (χ0v) is 16.5. The van der Waals surface area contributed by atoms with Crippen LogP contribution in [0, 0.1) is 29.6 Å². The molecule has 5 unspecified atom stereocenters. The van der Waals surface area contributed by atoms with Crippen LogP contribution < -0.4 is 5.32 Å². The van der Waals surface area contributed by atoms with Gasteiger partial charge in [0.25, 0.3) is 0 Å². The van der Waals surface area contributed by atoms with E-state index in [4.69, 9.17) is 0 Å². The van der Waals surface area contributed by atoms with Crippen molar-refractivity contribution in [3.05, 3.63) is 0 Å². The average molecular weight is 310 g/mol. The Balaban J connectivity index is 2.86. The van der Waals surface area contributed by atoms with Crippen molar-refractivity contribution in [3.63, 3.8) is 0 Å². The number of rotatable bonds is 6. The molecule has 5 atom stereocenters. The molecule has 0 aromatic carbocycles. The van der Waals surface area contributed by atoms with Crippen molar-refractivity contribution < 1.29 is 0 Å². The number of nitrogens with one attached hydrogen (secondary N) is 1. The molecule has 132 valence electrons. The van der Waals surface area contributed by atoms with Crippen molar-refractivity contribution in [2.45, 2.75) is 99.0 Å². The first-order valence-electron chi connectivity index (χ1n) is 10.1. The zero-order valence-electron chi connectivity index (χ0n) is 16.5. The fourth-order valence-electron chi connectivity index (χ4n) is 4.41. The molecule has 1 fully saturated rings. The van der Waals surface area contributed by atoms with Crippen LogP contribution in [0.2, 0.25) is 0 Å². The number of hydrogen-bond acceptors (Lipinski definition) is 1. The van der Waals surface area contributed by atoms with Gasteiger partial charge in [-0.15, -0.1) is 0 Å². The summed E-state index contributed by atoms with van der Waals surface area (Å²) in [7, 11) is 0. The second kappa shape index (κ2) is 9.30. The predicted molar refractivity (Wildman–Crippen MR) is 100 cm³/mol. The van der Waals surface area contributed by atoms with Crippen LogP contribution in [0.15, 0.2) is 0 Å². The minimum absolute atomic E-state index is 0.285. The maximum Gasteiger partial charge on any atom is 0.0122 e. The quantitative estimate of drug-likeness (QED) is 0.609. The standard InChI is InChI=1S/C21H43N/c1-8-18-13-11-12-16(4)17(5)14-19(20(18)9-2)15-22-21(6,7)10-3/h16-20,22H,8-15H2,1-7H3. The topological polar surface area (TPSA) is 12.0 Å². The fraction of sp³-hybridized carbons (Fsp3) is 1.00. The van der Waals surface area contributed by atoms with E-state index >= 15 is 0 Å². The summed E-state index contributed by atoms with van der Waals surface area (Å²) in [6, 6.07) is 0. The molecule has 1 rings (SSSR count). The second-order valence-electron chi connectivity index (χ2n) is 8.74. The molecule has 0 heterocycles. The van der Waals surface area contributed by atoms with Gasteiger partial charge in [0, 0.05) is 5.54 Å². The maximum absolute atomic E-state index is 3.89. The predicted octanol–water partition coefficient (Wildman–Crippen LogP) is 6.28. The van der Waals surface area contributed by atoms with Gasteiger partial charge in [-0.25, -0.2) is 0 Å². The van der Waals surface area contributed by atoms with Crippen LogP contribution in [0.5, 0.6) is 0 Å². The molecule has 0 aliphatic heterocycles. The molecule has 0 amide bonds. The summed E-state index contributed by atoms with van der Waals surface area (Å²) >= 11 is 0. The molecule has 1 nitrogen and oxygen atoms in total. The maximum atomic E-state index is 3.89. The van der Waals surface area contributed by atoms with E-state index in [1.54, 1.807) is 0 Å². The van der Waals surface area contributed by atoms with Crippen LogP contribution in [0.1, 0.15) is 93.4 Å². The Morgan fingerprint density at radius 2 is 1.59 bits per heavy atom. The van der Waals surface area contributed by atoms with Crippen LogP contribution in [0.4, 0.5) is 0 Å². The average Bonchev–Trinajstić information content (AvgIpc) is 2.55. The molecule has 0 aromatic heterocycles. The zero-order chi connectivity index (χ0) is 16.8. The van der Waals surface area contributed by atoms with Gasteiger partial charge in [0.1, 0.15) is 0 Å². The largest absolute Gasteiger partial charge is 0.312 e. The Labute approximate surface area is 141 Å². The summed E-state index contributed by atoms with van der Waals surface area (Å²) in [5, 5.41) is 3.89. The monoisotopic (exact) mass is 309 g/mol. The summed E-state index contributed by atoms with van der Waals surface area (Å²) in [6.07, 6.45) is 9.70. The highest BCUT2D eigenvalue weighted by atomic mass is 15.0. The van der Waals surface area contributed by atoms with Gasteiger partial charge < -0.3 is 5.32 Å². The van der Waals surface area contributed by atoms with Gasteiger partial charge in [0.05, 0.1) is 0 Å². The molecule has 22 heavy (non-hydrogen) atoms. The van der Waals surface area contributed by atoms with E-state index in [0.717, 1.165) is 29.6 Å². The van der Waals surface area contributed by atoms with Crippen molar-refractivity contribution >= 4 is 0 Å². The lowest BCUT2D eigenvalue weighted by atomic mass is 9.73. The molecule has 0 radical (unpaired) electrons. The van der Waals surface area contributed by atoms with Crippen LogP contribution in [-0.2, 0) is 0 Å². The Hall–Kier alpha value is -0.0400. The van der Waals surface area contributed by atoms with Gasteiger partial charge in [-0.2, -0.15) is 0 Å². The second-order valence-corrected chi connectivity index (χ2v) is 8.74. The third-order valence-corrected chi connectivity index (χ3v) is 6.81. The van der Waals surface area contributed by atoms with Crippen LogP contribution in [0.25, 0.3) is 0 Å². The highest BCUT2D eigenvalue weighted by molar-refractivity contribution is 4.85. The molecule has 1 N–H and O–H groups in total. The lowest BCUT2D eigenvalue weighted by Crippen LogP contribution is -2.44. The first kappa shape index (κ1) is 20.0. The molecule has 1 aliphatic carbocycles. The van der Waals surface area contributed by atoms with Gasteiger partial charge in [-0.05, 0) is 62.8 Å². The summed E-state index contributed by atoms with van der Waals surface area (Å²) in [4.78, 5) is 0. The van der Waals surface area contributed by atoms with Gasteiger partial charge >= 0.3 is 0 Å². The summed E-state index contributed by atoms with van der Waals surface area (Å²) in [5.74, 6) is 4.49. The molecule has 0 aromatic rings. The molecular formula is C21H43N. The molecular weight excluding hydrogens is 266 g/mol. The fourth-order valence-corrected chi connectivity index (χ4v) is 4.41. The third-order valence-electron chi connectivity index (χ3n) is 6.81. The van der Waals surface area contributed by atoms with Crippen LogP contribution in [0.3, 0.4) is 0 Å². The van der Waals surface area contributed by atoms with Crippen molar-refractivity contribution in [1.82, 2.24) is 5.32 Å². The van der Waals surface area contributed by atoms with E-state index in [0.29, 0.717) is 0 Å². The van der Waals surface area contributed by atoms with E-state index in [1.807, 2.05) is 0 Å². The summed E-state index contributed by atoms with van der Waals surface area (Å²) in [6.45, 7) is 18.1. The Kier molecular flexibility index (Phi) is 8.46. The smallest absolute Gasteiger partial charge is 0.0122 e. The van der Waals surface area contributed by atoms with Gasteiger partial charge in [-0.1, -0.05) is 66.7 Å². The van der Waals surface area contributed by atoms with Gasteiger partial charge in [0.2, 0.25) is 0 Å². The molecule has 0 saturated heterocycles. The molecule has 1 aliphatic rings. The Bertz CT molecular complexity index is 296. The van der Waals surface area contributed by atoms with Crippen molar-refractivity contribution in [2.75, 3.05) is 6.54 Å². The lowest BCUT2D eigenvalue weighted by Gasteiger charge is -2.36. The Morgan fingerprint density at radius 3 is 2.14 bits per heavy atom. The minimum atomic E-state index is 0.285. The first-order valence-corrected chi connectivity index (χ1v) is 10.1. The lowest BCUT2D eigenvalue weighted by molar-refractivity contribution is 0.160. The van der Waals surface area contributed by atoms with Gasteiger partial charge in [-0.3, -0.25) is 0 Å². The van der Waals surface area contributed by atoms with Crippen LogP contribution >= 0.6 is 0 Å². The summed E-state index contributed by atoms with van der Waals surface area (Å²) in [5.41, 5.74) is 0.285. The molecule has 0 spiro atoms. The SMILES string of the molecule is CCC1CCCC(C)C(C)CC(CNC(C)(C)CC)C1CC. The summed E-state index contributed by atoms with van der Waals surface area (Å²) < 4.78 is 0. The molecule has 1 heteroatoms. The van der Waals surface area contributed by atoms with E-state index in [1.165, 1.54) is 51.5 Å².